The van der Waals surface area contributed by atoms with Gasteiger partial charge in [0.25, 0.3) is 0 Å². The quantitative estimate of drug-likeness (QED) is 0.591. The van der Waals surface area contributed by atoms with E-state index in [0.29, 0.717) is 21.5 Å². The summed E-state index contributed by atoms with van der Waals surface area (Å²) >= 11 is 1.11. The Kier molecular flexibility index (Phi) is 5.34. The number of anilines is 1. The van der Waals surface area contributed by atoms with E-state index in [-0.39, 0.29) is 0 Å². The van der Waals surface area contributed by atoms with Gasteiger partial charge in [-0.1, -0.05) is 6.07 Å². The molecule has 0 amide bonds. The Hall–Kier alpha value is -2.26. The molecular weight excluding hydrogens is 423 g/mol. The van der Waals surface area contributed by atoms with Gasteiger partial charge in [0.2, 0.25) is 0 Å². The Morgan fingerprint density at radius 1 is 1.10 bits per heavy atom. The molecule has 5 nitrogen and oxygen atoms in total. The lowest BCUT2D eigenvalue weighted by Crippen LogP contribution is -2.39. The van der Waals surface area contributed by atoms with Gasteiger partial charge in [0.1, 0.15) is 17.0 Å². The smallest absolute Gasteiger partial charge is 0.355 e. The number of rotatable bonds is 4. The highest BCUT2D eigenvalue weighted by Crippen LogP contribution is 2.38. The number of aryl methyl sites for hydroxylation is 1. The van der Waals surface area contributed by atoms with Crippen molar-refractivity contribution < 1.29 is 13.2 Å². The number of halogens is 3. The van der Waals surface area contributed by atoms with Gasteiger partial charge in [0, 0.05) is 42.9 Å². The predicted octanol–water partition coefficient (Wildman–Crippen LogP) is 4.46. The van der Waals surface area contributed by atoms with Crippen LogP contribution in [0.3, 0.4) is 0 Å². The third kappa shape index (κ3) is 4.52. The summed E-state index contributed by atoms with van der Waals surface area (Å²) in [5.41, 5.74) is 2.25. The average Bonchev–Trinajstić information content (AvgIpc) is 3.31. The van der Waals surface area contributed by atoms with Gasteiger partial charge in [0.15, 0.2) is 0 Å². The second-order valence-corrected chi connectivity index (χ2v) is 9.79. The number of aromatic nitrogens is 3. The summed E-state index contributed by atoms with van der Waals surface area (Å²) in [6, 6.07) is 5.82. The number of fused-ring (bicyclic) bond motifs is 2. The topological polar surface area (TPSA) is 45.2 Å². The number of likely N-dealkylation sites (tertiary alicyclic amines) is 1. The van der Waals surface area contributed by atoms with Crippen LogP contribution in [0.25, 0.3) is 10.2 Å². The maximum absolute atomic E-state index is 12.8. The molecule has 0 unspecified atom stereocenters. The molecule has 5 heterocycles. The van der Waals surface area contributed by atoms with Crippen molar-refractivity contribution in [1.29, 1.82) is 0 Å². The van der Waals surface area contributed by atoms with E-state index in [0.717, 1.165) is 67.4 Å². The minimum absolute atomic E-state index is 0.291. The lowest BCUT2D eigenvalue weighted by atomic mass is 9.88. The van der Waals surface area contributed by atoms with Crippen LogP contribution in [-0.4, -0.2) is 52.2 Å². The maximum atomic E-state index is 12.8. The van der Waals surface area contributed by atoms with Gasteiger partial charge in [-0.3, -0.25) is 9.88 Å². The van der Waals surface area contributed by atoms with E-state index in [4.69, 9.17) is 0 Å². The summed E-state index contributed by atoms with van der Waals surface area (Å²) in [6.07, 6.45) is -0.577. The lowest BCUT2D eigenvalue weighted by Gasteiger charge is -2.34. The van der Waals surface area contributed by atoms with Crippen molar-refractivity contribution in [2.45, 2.75) is 32.5 Å². The lowest BCUT2D eigenvalue weighted by molar-refractivity contribution is -0.126. The number of hydrogen-bond donors (Lipinski definition) is 0. The van der Waals surface area contributed by atoms with Gasteiger partial charge in [-0.25, -0.2) is 9.97 Å². The molecule has 0 spiro atoms. The molecule has 3 aromatic heterocycles. The highest BCUT2D eigenvalue weighted by atomic mass is 32.1. The highest BCUT2D eigenvalue weighted by molar-refractivity contribution is 7.18. The fourth-order valence-electron chi connectivity index (χ4n) is 4.84. The predicted molar refractivity (Wildman–Crippen MR) is 115 cm³/mol. The Bertz CT molecular complexity index is 1070. The first-order valence-electron chi connectivity index (χ1n) is 10.5. The summed E-state index contributed by atoms with van der Waals surface area (Å²) in [7, 11) is 0. The van der Waals surface area contributed by atoms with Gasteiger partial charge in [-0.05, 0) is 49.4 Å². The van der Waals surface area contributed by atoms with Gasteiger partial charge in [-0.2, -0.15) is 13.2 Å². The van der Waals surface area contributed by atoms with Crippen molar-refractivity contribution in [2.75, 3.05) is 31.1 Å². The fraction of sp³-hybridized carbons (Fsp3) is 0.500. The zero-order valence-corrected chi connectivity index (χ0v) is 18.1. The van der Waals surface area contributed by atoms with Gasteiger partial charge in [-0.15, -0.1) is 11.3 Å². The number of alkyl halides is 3. The van der Waals surface area contributed by atoms with Crippen molar-refractivity contribution in [3.05, 3.63) is 46.9 Å². The molecule has 0 saturated carbocycles. The van der Waals surface area contributed by atoms with Crippen LogP contribution in [0.2, 0.25) is 0 Å². The molecule has 9 heteroatoms. The van der Waals surface area contributed by atoms with Crippen LogP contribution in [0.4, 0.5) is 19.0 Å². The number of piperidine rings is 1. The molecule has 2 atom stereocenters. The molecule has 2 aliphatic rings. The molecule has 2 fully saturated rings. The van der Waals surface area contributed by atoms with Crippen LogP contribution >= 0.6 is 11.3 Å². The third-order valence-corrected chi connectivity index (χ3v) is 7.34. The molecule has 5 rings (SSSR count). The minimum Gasteiger partial charge on any atom is -0.355 e. The molecule has 0 bridgehead atoms. The maximum Gasteiger partial charge on any atom is 0.393 e. The molecule has 3 aromatic rings. The van der Waals surface area contributed by atoms with Crippen molar-refractivity contribution in [1.82, 2.24) is 19.9 Å². The van der Waals surface area contributed by atoms with E-state index >= 15 is 0 Å². The number of hydrogen-bond acceptors (Lipinski definition) is 6. The zero-order chi connectivity index (χ0) is 21.6. The molecule has 164 valence electrons. The van der Waals surface area contributed by atoms with Crippen LogP contribution in [-0.2, 0) is 13.0 Å². The van der Waals surface area contributed by atoms with Crippen LogP contribution in [0.15, 0.2) is 30.7 Å². The molecular formula is C22H24F3N5S. The summed E-state index contributed by atoms with van der Waals surface area (Å²) in [4.78, 5) is 18.7. The second-order valence-electron chi connectivity index (χ2n) is 8.68. The summed E-state index contributed by atoms with van der Waals surface area (Å²) < 4.78 is 38.5. The molecule has 0 aromatic carbocycles. The SMILES string of the molecule is Cc1ccc(CN2CC[C@@H]3CN(c4ncnc5sc(CC(F)(F)F)cc45)C[C@@H]3C2)cn1. The van der Waals surface area contributed by atoms with E-state index < -0.39 is 12.6 Å². The van der Waals surface area contributed by atoms with Crippen LogP contribution in [0.1, 0.15) is 22.6 Å². The summed E-state index contributed by atoms with van der Waals surface area (Å²) in [5, 5.41) is 0.744. The first kappa shape index (κ1) is 20.6. The zero-order valence-electron chi connectivity index (χ0n) is 17.3. The highest BCUT2D eigenvalue weighted by Gasteiger charge is 2.38. The first-order chi connectivity index (χ1) is 14.8. The Morgan fingerprint density at radius 3 is 2.71 bits per heavy atom. The van der Waals surface area contributed by atoms with Crippen molar-refractivity contribution in [2.24, 2.45) is 11.8 Å². The summed E-state index contributed by atoms with van der Waals surface area (Å²) in [6.45, 7) is 6.75. The Labute approximate surface area is 182 Å². The van der Waals surface area contributed by atoms with E-state index in [9.17, 15) is 13.2 Å². The fourth-order valence-corrected chi connectivity index (χ4v) is 5.86. The van der Waals surface area contributed by atoms with Crippen molar-refractivity contribution >= 4 is 27.4 Å². The third-order valence-electron chi connectivity index (χ3n) is 6.30. The van der Waals surface area contributed by atoms with E-state index in [1.807, 2.05) is 19.2 Å². The monoisotopic (exact) mass is 447 g/mol. The van der Waals surface area contributed by atoms with E-state index in [2.05, 4.69) is 30.8 Å². The molecule has 31 heavy (non-hydrogen) atoms. The average molecular weight is 448 g/mol. The van der Waals surface area contributed by atoms with E-state index in [1.165, 1.54) is 11.9 Å². The Balaban J connectivity index is 1.30. The molecule has 0 aliphatic carbocycles. The van der Waals surface area contributed by atoms with Gasteiger partial charge in [0.05, 0.1) is 11.8 Å². The second kappa shape index (κ2) is 8.02. The summed E-state index contributed by atoms with van der Waals surface area (Å²) in [5.74, 6) is 1.90. The molecule has 2 aliphatic heterocycles. The normalized spacial score (nSPS) is 22.3. The van der Waals surface area contributed by atoms with Crippen molar-refractivity contribution in [3.63, 3.8) is 0 Å². The standard InChI is InChI=1S/C22H24F3N5S/c1-14-2-3-15(8-26-14)9-29-5-4-16-11-30(12-17(16)10-29)20-19-6-18(7-22(23,24)25)31-21(19)28-13-27-20/h2-3,6,8,13,16-17H,4-5,7,9-12H2,1H3/t16-,17+/m1/s1. The molecule has 0 radical (unpaired) electrons. The first-order valence-corrected chi connectivity index (χ1v) is 11.3. The van der Waals surface area contributed by atoms with Gasteiger partial charge >= 0.3 is 6.18 Å². The molecule has 2 saturated heterocycles. The minimum atomic E-state index is -4.21. The van der Waals surface area contributed by atoms with Gasteiger partial charge < -0.3 is 4.90 Å². The van der Waals surface area contributed by atoms with Crippen LogP contribution < -0.4 is 4.90 Å². The number of nitrogens with zero attached hydrogens (tertiary/aromatic N) is 5. The number of thiophene rings is 1. The molecule has 0 N–H and O–H groups in total. The van der Waals surface area contributed by atoms with Crippen molar-refractivity contribution in [3.8, 4) is 0 Å². The largest absolute Gasteiger partial charge is 0.393 e. The Morgan fingerprint density at radius 2 is 1.94 bits per heavy atom. The number of pyridine rings is 1. The van der Waals surface area contributed by atoms with Crippen LogP contribution in [0, 0.1) is 18.8 Å². The van der Waals surface area contributed by atoms with E-state index in [1.54, 1.807) is 6.07 Å². The van der Waals surface area contributed by atoms with Crippen LogP contribution in [0.5, 0.6) is 0 Å².